The van der Waals surface area contributed by atoms with Gasteiger partial charge in [-0.25, -0.2) is 16.8 Å². The molecule has 0 aromatic heterocycles. The maximum Gasteiger partial charge on any atom is 2.00 e. The summed E-state index contributed by atoms with van der Waals surface area (Å²) >= 11 is 0. The average molecular weight is 1700 g/mol. The van der Waals surface area contributed by atoms with E-state index in [0.717, 1.165) is 36.8 Å². The van der Waals surface area contributed by atoms with Gasteiger partial charge in [0.25, 0.3) is 0 Å². The summed E-state index contributed by atoms with van der Waals surface area (Å²) < 4.78 is 67.1. The molecule has 6 nitrogen and oxygen atoms in total. The minimum absolute atomic E-state index is 0. The molecule has 0 saturated carbocycles. The van der Waals surface area contributed by atoms with E-state index in [1.165, 1.54) is 602 Å². The first kappa shape index (κ1) is 117. The van der Waals surface area contributed by atoms with Crippen LogP contribution in [-0.2, 0) is 33.1 Å². The Morgan fingerprint density at radius 1 is 0.171 bits per heavy atom. The van der Waals surface area contributed by atoms with Crippen LogP contribution in [0.3, 0.4) is 0 Å². The molecule has 2 aromatic carbocycles. The summed E-state index contributed by atoms with van der Waals surface area (Å²) in [7, 11) is -8.70. The van der Waals surface area contributed by atoms with Crippen molar-refractivity contribution in [3.63, 3.8) is 0 Å². The molecule has 0 saturated heterocycles. The molecule has 0 aliphatic rings. The zero-order chi connectivity index (χ0) is 83.4. The van der Waals surface area contributed by atoms with E-state index in [4.69, 9.17) is 0 Å². The van der Waals surface area contributed by atoms with E-state index in [9.17, 15) is 25.9 Å². The molecular weight excluding hydrogens is 1500 g/mol. The number of hydrogen-bond acceptors (Lipinski definition) is 6. The zero-order valence-electron chi connectivity index (χ0n) is 79.1. The van der Waals surface area contributed by atoms with Gasteiger partial charge in [-0.3, -0.25) is 0 Å². The molecule has 0 radical (unpaired) electrons. The van der Waals surface area contributed by atoms with Crippen LogP contribution in [0.1, 0.15) is 616 Å². The van der Waals surface area contributed by atoms with Gasteiger partial charge >= 0.3 is 37.7 Å². The number of aryl methyl sites for hydroxylation is 2. The fourth-order valence-corrected chi connectivity index (χ4v) is 19.2. The Labute approximate surface area is 764 Å². The molecule has 0 aliphatic heterocycles. The van der Waals surface area contributed by atoms with E-state index in [-0.39, 0.29) is 47.5 Å². The molecular formula is C108H202CaO6S2. The summed E-state index contributed by atoms with van der Waals surface area (Å²) in [5.74, 6) is 0. The summed E-state index contributed by atoms with van der Waals surface area (Å²) in [5, 5.41) is 0. The van der Waals surface area contributed by atoms with Crippen LogP contribution >= 0.6 is 0 Å². The first-order valence-electron chi connectivity index (χ1n) is 53.2. The summed E-state index contributed by atoms with van der Waals surface area (Å²) in [6.07, 6.45) is 134. The van der Waals surface area contributed by atoms with Crippen molar-refractivity contribution in [3.8, 4) is 0 Å². The van der Waals surface area contributed by atoms with Crippen molar-refractivity contribution in [2.45, 2.75) is 627 Å². The van der Waals surface area contributed by atoms with Gasteiger partial charge < -0.3 is 9.11 Å². The van der Waals surface area contributed by atoms with E-state index < -0.39 is 20.2 Å². The van der Waals surface area contributed by atoms with Crippen molar-refractivity contribution in [1.82, 2.24) is 0 Å². The zero-order valence-corrected chi connectivity index (χ0v) is 82.9. The molecule has 0 amide bonds. The molecule has 0 atom stereocenters. The van der Waals surface area contributed by atoms with Gasteiger partial charge in [0, 0.05) is 0 Å². The number of rotatable bonds is 96. The largest absolute Gasteiger partial charge is 2.00 e. The molecule has 0 N–H and O–H groups in total. The van der Waals surface area contributed by atoms with Crippen LogP contribution in [0.4, 0.5) is 0 Å². The monoisotopic (exact) mass is 1700 g/mol. The topological polar surface area (TPSA) is 114 Å². The van der Waals surface area contributed by atoms with E-state index >= 15 is 0 Å². The predicted octanol–water partition coefficient (Wildman–Crippen LogP) is 37.8. The van der Waals surface area contributed by atoms with Crippen LogP contribution in [0.25, 0.3) is 0 Å². The summed E-state index contributed by atoms with van der Waals surface area (Å²) in [4.78, 5) is -0.209. The second-order valence-corrected chi connectivity index (χ2v) is 40.3. The molecule has 117 heavy (non-hydrogen) atoms. The molecule has 2 aromatic rings. The van der Waals surface area contributed by atoms with Crippen LogP contribution < -0.4 is 0 Å². The van der Waals surface area contributed by atoms with E-state index in [0.29, 0.717) is 0 Å². The minimum Gasteiger partial charge on any atom is -0.744 e. The smallest absolute Gasteiger partial charge is 0.744 e. The second kappa shape index (κ2) is 96.2. The summed E-state index contributed by atoms with van der Waals surface area (Å²) in [6.45, 7) is 4.61. The quantitative estimate of drug-likeness (QED) is 0.0370. The molecule has 0 spiro atoms. The van der Waals surface area contributed by atoms with Gasteiger partial charge in [0.05, 0.1) is 9.79 Å². The summed E-state index contributed by atoms with van der Waals surface area (Å²) in [6, 6.07) is 13.0. The van der Waals surface area contributed by atoms with E-state index in [2.05, 4.69) is 13.8 Å². The molecule has 0 unspecified atom stereocenters. The molecule has 2 rings (SSSR count). The Hall–Kier alpha value is -0.480. The summed E-state index contributed by atoms with van der Waals surface area (Å²) in [5.41, 5.74) is 1.91. The maximum atomic E-state index is 11.2. The van der Waals surface area contributed by atoms with Gasteiger partial charge in [-0.05, 0) is 61.1 Å². The van der Waals surface area contributed by atoms with Gasteiger partial charge in [0.2, 0.25) is 0 Å². The molecule has 0 fully saturated rings. The van der Waals surface area contributed by atoms with Crippen molar-refractivity contribution >= 4 is 58.0 Å². The van der Waals surface area contributed by atoms with Gasteiger partial charge in [-0.2, -0.15) is 0 Å². The van der Waals surface area contributed by atoms with Crippen LogP contribution in [0.15, 0.2) is 58.3 Å². The second-order valence-electron chi connectivity index (χ2n) is 37.5. The van der Waals surface area contributed by atoms with Crippen LogP contribution in [0.2, 0.25) is 0 Å². The molecule has 0 bridgehead atoms. The minimum atomic E-state index is -4.35. The number of hydrogen-bond donors (Lipinski definition) is 0. The third kappa shape index (κ3) is 91.5. The predicted molar refractivity (Wildman–Crippen MR) is 518 cm³/mol. The first-order chi connectivity index (χ1) is 57.1. The van der Waals surface area contributed by atoms with Crippen molar-refractivity contribution in [2.24, 2.45) is 0 Å². The van der Waals surface area contributed by atoms with Crippen molar-refractivity contribution in [3.05, 3.63) is 59.7 Å². The SMILES string of the molecule is CCCCCCCCCCCCCCCCCCCCCCCCCCCCCCCCCCCCCCCCCCCCCCCCc1cccc(S(=O)(=O)[O-])c1.CCCCCCCCCCCCCCCCCCCCCCCCCCCCCCCCCCCCCCCCCCCCCCCCc1cccc(S(=O)(=O)[O-])c1.[Ca+2]. The Morgan fingerprint density at radius 2 is 0.274 bits per heavy atom. The fourth-order valence-electron chi connectivity index (χ4n) is 18.1. The van der Waals surface area contributed by atoms with Gasteiger partial charge in [0.1, 0.15) is 20.2 Å². The molecule has 684 valence electrons. The normalized spacial score (nSPS) is 11.8. The molecule has 0 heterocycles. The molecule has 9 heteroatoms. The Morgan fingerprint density at radius 3 is 0.376 bits per heavy atom. The van der Waals surface area contributed by atoms with E-state index in [1.54, 1.807) is 12.1 Å². The van der Waals surface area contributed by atoms with E-state index in [1.807, 2.05) is 12.1 Å². The Balaban J connectivity index is 0.00000228. The maximum absolute atomic E-state index is 11.2. The van der Waals surface area contributed by atoms with Crippen LogP contribution in [-0.4, -0.2) is 63.7 Å². The third-order valence-corrected chi connectivity index (χ3v) is 27.7. The van der Waals surface area contributed by atoms with Crippen LogP contribution in [0.5, 0.6) is 0 Å². The van der Waals surface area contributed by atoms with Gasteiger partial charge in [-0.15, -0.1) is 0 Å². The fraction of sp³-hybridized carbons (Fsp3) is 0.889. The Kier molecular flexibility index (Phi) is 95.8. The standard InChI is InChI=1S/2C54H102O3S.Ca/c2*1-2-3-4-5-6-7-8-9-10-11-12-13-14-15-16-17-18-19-20-21-22-23-24-25-26-27-28-29-30-31-32-33-34-35-36-37-38-39-40-41-42-43-44-45-46-47-49-53-50-48-51-54(52-53)58(55,56)57;/h2*48,50-52H,2-47,49H2,1H3,(H,55,56,57);/q;;+2/p-2. The number of benzene rings is 2. The average Bonchev–Trinajstić information content (AvgIpc) is 0.863. The number of unbranched alkanes of at least 4 members (excludes halogenated alkanes) is 90. The van der Waals surface area contributed by atoms with Gasteiger partial charge in [-0.1, -0.05) is 616 Å². The molecule has 0 aliphatic carbocycles. The van der Waals surface area contributed by atoms with Crippen molar-refractivity contribution in [2.75, 3.05) is 0 Å². The first-order valence-corrected chi connectivity index (χ1v) is 56.0. The third-order valence-electron chi connectivity index (χ3n) is 26.0. The van der Waals surface area contributed by atoms with Crippen LogP contribution in [0, 0.1) is 0 Å². The van der Waals surface area contributed by atoms with Crippen molar-refractivity contribution < 1.29 is 25.9 Å². The Bertz CT molecular complexity index is 2280. The van der Waals surface area contributed by atoms with Gasteiger partial charge in [0.15, 0.2) is 0 Å². The van der Waals surface area contributed by atoms with Crippen molar-refractivity contribution in [1.29, 1.82) is 0 Å².